The number of hydrogen-bond donors (Lipinski definition) is 0. The monoisotopic (exact) mass is 425 g/mol. The van der Waals surface area contributed by atoms with Crippen molar-refractivity contribution in [1.29, 1.82) is 0 Å². The number of likely N-dealkylation sites (tertiary alicyclic amines) is 1. The standard InChI is InChI=1S/C24H39NO3.ClH/c1(3-5-10-16-25-17-11-7-12-18-25)2-4-6-13-19-26-20-22-21-27-23-14-8-9-15-24(23)28-22;/h8-9,14-15,22H,1-7,10-13,16-21H2;1H/t22-;/m0./s1. The number of nitrogens with zero attached hydrogens (tertiary/aromatic N) is 1. The molecule has 0 amide bonds. The number of benzene rings is 1. The molecule has 1 aromatic rings. The Balaban J connectivity index is 0.00000300. The Labute approximate surface area is 183 Å². The predicted molar refractivity (Wildman–Crippen MR) is 122 cm³/mol. The van der Waals surface area contributed by atoms with Gasteiger partial charge in [-0.1, -0.05) is 57.1 Å². The van der Waals surface area contributed by atoms with E-state index < -0.39 is 0 Å². The SMILES string of the molecule is Cl.c1ccc2c(c1)OC[C@H](COCCCCCCCCCCN1CCCCC1)O2. The molecule has 0 saturated carbocycles. The van der Waals surface area contributed by atoms with E-state index in [9.17, 15) is 0 Å². The molecule has 29 heavy (non-hydrogen) atoms. The lowest BCUT2D eigenvalue weighted by Gasteiger charge is -2.26. The highest BCUT2D eigenvalue weighted by Gasteiger charge is 2.20. The number of fused-ring (bicyclic) bond motifs is 1. The second-order valence-corrected chi connectivity index (χ2v) is 8.30. The lowest BCUT2D eigenvalue weighted by atomic mass is 10.1. The summed E-state index contributed by atoms with van der Waals surface area (Å²) in [5.41, 5.74) is 0. The normalized spacial score (nSPS) is 19.0. The summed E-state index contributed by atoms with van der Waals surface area (Å²) in [4.78, 5) is 2.66. The highest BCUT2D eigenvalue weighted by atomic mass is 35.5. The number of unbranched alkanes of at least 4 members (excludes halogenated alkanes) is 7. The summed E-state index contributed by atoms with van der Waals surface area (Å²) in [6, 6.07) is 7.84. The molecule has 0 unspecified atom stereocenters. The molecule has 1 aromatic carbocycles. The summed E-state index contributed by atoms with van der Waals surface area (Å²) in [5.74, 6) is 1.67. The molecule has 0 aromatic heterocycles. The zero-order valence-electron chi connectivity index (χ0n) is 18.0. The van der Waals surface area contributed by atoms with Gasteiger partial charge in [-0.25, -0.2) is 0 Å². The lowest BCUT2D eigenvalue weighted by Crippen LogP contribution is -2.33. The van der Waals surface area contributed by atoms with E-state index >= 15 is 0 Å². The maximum absolute atomic E-state index is 5.91. The van der Waals surface area contributed by atoms with Crippen molar-refractivity contribution in [3.63, 3.8) is 0 Å². The minimum Gasteiger partial charge on any atom is -0.486 e. The third-order valence-corrected chi connectivity index (χ3v) is 5.83. The van der Waals surface area contributed by atoms with Crippen molar-refractivity contribution in [1.82, 2.24) is 4.90 Å². The van der Waals surface area contributed by atoms with E-state index in [4.69, 9.17) is 14.2 Å². The number of hydrogen-bond acceptors (Lipinski definition) is 4. The second-order valence-electron chi connectivity index (χ2n) is 8.30. The van der Waals surface area contributed by atoms with E-state index in [0.29, 0.717) is 13.2 Å². The van der Waals surface area contributed by atoms with Gasteiger partial charge in [0.25, 0.3) is 0 Å². The van der Waals surface area contributed by atoms with Crippen molar-refractivity contribution in [3.8, 4) is 11.5 Å². The molecule has 0 radical (unpaired) electrons. The van der Waals surface area contributed by atoms with Gasteiger partial charge in [-0.05, 0) is 57.5 Å². The van der Waals surface area contributed by atoms with Crippen LogP contribution in [0.2, 0.25) is 0 Å². The lowest BCUT2D eigenvalue weighted by molar-refractivity contribution is 0.00778. The van der Waals surface area contributed by atoms with Crippen LogP contribution in [0.1, 0.15) is 70.6 Å². The van der Waals surface area contributed by atoms with Gasteiger partial charge in [0.05, 0.1) is 6.61 Å². The van der Waals surface area contributed by atoms with Crippen molar-refractivity contribution in [2.45, 2.75) is 76.7 Å². The fraction of sp³-hybridized carbons (Fsp3) is 0.750. The number of piperidine rings is 1. The fourth-order valence-electron chi connectivity index (χ4n) is 4.14. The minimum absolute atomic E-state index is 0. The summed E-state index contributed by atoms with van der Waals surface area (Å²) in [7, 11) is 0. The number of halogens is 1. The Kier molecular flexibility index (Phi) is 12.5. The topological polar surface area (TPSA) is 30.9 Å². The van der Waals surface area contributed by atoms with Crippen LogP contribution in [0.5, 0.6) is 11.5 Å². The van der Waals surface area contributed by atoms with Gasteiger partial charge in [-0.15, -0.1) is 12.4 Å². The van der Waals surface area contributed by atoms with Crippen LogP contribution >= 0.6 is 12.4 Å². The van der Waals surface area contributed by atoms with Gasteiger partial charge in [-0.3, -0.25) is 0 Å². The average Bonchev–Trinajstić information content (AvgIpc) is 2.75. The number of rotatable bonds is 13. The molecule has 1 fully saturated rings. The summed E-state index contributed by atoms with van der Waals surface area (Å²) >= 11 is 0. The molecular formula is C24H40ClNO3. The molecule has 0 spiro atoms. The largest absolute Gasteiger partial charge is 0.486 e. The maximum atomic E-state index is 5.91. The molecule has 2 aliphatic heterocycles. The molecule has 166 valence electrons. The maximum Gasteiger partial charge on any atom is 0.161 e. The van der Waals surface area contributed by atoms with Crippen molar-refractivity contribution < 1.29 is 14.2 Å². The molecule has 1 saturated heterocycles. The van der Waals surface area contributed by atoms with Crippen LogP contribution < -0.4 is 9.47 Å². The molecule has 2 aliphatic rings. The minimum atomic E-state index is 0. The van der Waals surface area contributed by atoms with Gasteiger partial charge in [-0.2, -0.15) is 0 Å². The third-order valence-electron chi connectivity index (χ3n) is 5.83. The smallest absolute Gasteiger partial charge is 0.161 e. The summed E-state index contributed by atoms with van der Waals surface area (Å²) < 4.78 is 17.4. The van der Waals surface area contributed by atoms with E-state index in [1.807, 2.05) is 24.3 Å². The highest BCUT2D eigenvalue weighted by Crippen LogP contribution is 2.30. The van der Waals surface area contributed by atoms with E-state index in [-0.39, 0.29) is 18.5 Å². The van der Waals surface area contributed by atoms with Crippen molar-refractivity contribution in [2.75, 3.05) is 39.5 Å². The molecule has 4 nitrogen and oxygen atoms in total. The van der Waals surface area contributed by atoms with Crippen LogP contribution in [0.25, 0.3) is 0 Å². The third kappa shape index (κ3) is 9.59. The van der Waals surface area contributed by atoms with E-state index in [1.165, 1.54) is 83.8 Å². The van der Waals surface area contributed by atoms with Crippen molar-refractivity contribution in [2.24, 2.45) is 0 Å². The van der Waals surface area contributed by atoms with Crippen LogP contribution in [0.15, 0.2) is 24.3 Å². The Morgan fingerprint density at radius 2 is 1.48 bits per heavy atom. The molecule has 1 atom stereocenters. The Morgan fingerprint density at radius 3 is 2.24 bits per heavy atom. The second kappa shape index (κ2) is 14.9. The first-order valence-corrected chi connectivity index (χ1v) is 11.6. The van der Waals surface area contributed by atoms with Crippen LogP contribution in [-0.4, -0.2) is 50.5 Å². The van der Waals surface area contributed by atoms with Crippen molar-refractivity contribution >= 4 is 12.4 Å². The van der Waals surface area contributed by atoms with Crippen molar-refractivity contribution in [3.05, 3.63) is 24.3 Å². The van der Waals surface area contributed by atoms with Gasteiger partial charge in [0.2, 0.25) is 0 Å². The zero-order chi connectivity index (χ0) is 19.3. The van der Waals surface area contributed by atoms with Crippen LogP contribution in [0, 0.1) is 0 Å². The van der Waals surface area contributed by atoms with Gasteiger partial charge in [0, 0.05) is 6.61 Å². The summed E-state index contributed by atoms with van der Waals surface area (Å²) in [5, 5.41) is 0. The van der Waals surface area contributed by atoms with Gasteiger partial charge in [0.1, 0.15) is 6.61 Å². The molecule has 0 N–H and O–H groups in total. The van der Waals surface area contributed by atoms with E-state index in [2.05, 4.69) is 4.90 Å². The Morgan fingerprint density at radius 1 is 0.828 bits per heavy atom. The highest BCUT2D eigenvalue weighted by molar-refractivity contribution is 5.85. The molecular weight excluding hydrogens is 386 g/mol. The van der Waals surface area contributed by atoms with E-state index in [0.717, 1.165) is 24.5 Å². The van der Waals surface area contributed by atoms with Crippen LogP contribution in [-0.2, 0) is 4.74 Å². The molecule has 2 heterocycles. The first kappa shape index (κ1) is 24.3. The molecule has 5 heteroatoms. The van der Waals surface area contributed by atoms with Crippen LogP contribution in [0.4, 0.5) is 0 Å². The quantitative estimate of drug-likeness (QED) is 0.370. The molecule has 0 aliphatic carbocycles. The molecule has 0 bridgehead atoms. The number of ether oxygens (including phenoxy) is 3. The van der Waals surface area contributed by atoms with Gasteiger partial charge in [0.15, 0.2) is 17.6 Å². The predicted octanol–water partition coefficient (Wildman–Crippen LogP) is 5.87. The van der Waals surface area contributed by atoms with Gasteiger partial charge >= 0.3 is 0 Å². The zero-order valence-corrected chi connectivity index (χ0v) is 18.8. The first-order chi connectivity index (χ1) is 13.9. The fourth-order valence-corrected chi connectivity index (χ4v) is 4.14. The Bertz CT molecular complexity index is 537. The first-order valence-electron chi connectivity index (χ1n) is 11.6. The van der Waals surface area contributed by atoms with Gasteiger partial charge < -0.3 is 19.1 Å². The van der Waals surface area contributed by atoms with Crippen LogP contribution in [0.3, 0.4) is 0 Å². The summed E-state index contributed by atoms with van der Waals surface area (Å²) in [6.07, 6.45) is 15.0. The van der Waals surface area contributed by atoms with E-state index in [1.54, 1.807) is 0 Å². The number of para-hydroxylation sites is 2. The average molecular weight is 426 g/mol. The molecule has 3 rings (SSSR count). The summed E-state index contributed by atoms with van der Waals surface area (Å²) in [6.45, 7) is 6.04. The Hall–Kier alpha value is -0.970.